The first-order chi connectivity index (χ1) is 9.62. The van der Waals surface area contributed by atoms with E-state index in [9.17, 15) is 4.79 Å². The molecule has 0 bridgehead atoms. The molecule has 0 amide bonds. The van der Waals surface area contributed by atoms with E-state index >= 15 is 0 Å². The fourth-order valence-corrected chi connectivity index (χ4v) is 2.31. The molecule has 1 heterocycles. The van der Waals surface area contributed by atoms with Crippen LogP contribution in [0.5, 0.6) is 0 Å². The lowest BCUT2D eigenvalue weighted by Gasteiger charge is -2.17. The van der Waals surface area contributed by atoms with E-state index in [1.54, 1.807) is 7.11 Å². The molecule has 0 spiro atoms. The Hall–Kier alpha value is -1.51. The first-order valence-corrected chi connectivity index (χ1v) is 6.91. The predicted octanol–water partition coefficient (Wildman–Crippen LogP) is 1.76. The minimum Gasteiger partial charge on any atom is -0.385 e. The quantitative estimate of drug-likeness (QED) is 0.779. The average Bonchev–Trinajstić information content (AvgIpc) is 3.20. The zero-order chi connectivity index (χ0) is 14.6. The third-order valence-corrected chi connectivity index (χ3v) is 3.96. The molecule has 1 N–H and O–H groups in total. The van der Waals surface area contributed by atoms with E-state index < -0.39 is 0 Å². The van der Waals surface area contributed by atoms with Crippen molar-refractivity contribution in [1.29, 1.82) is 0 Å². The van der Waals surface area contributed by atoms with Gasteiger partial charge in [-0.3, -0.25) is 4.79 Å². The molecule has 108 valence electrons. The van der Waals surface area contributed by atoms with Gasteiger partial charge in [0.2, 0.25) is 0 Å². The van der Waals surface area contributed by atoms with Crippen molar-refractivity contribution >= 4 is 17.3 Å². The molecular formula is C14H18ClN3O2. The lowest BCUT2D eigenvalue weighted by Crippen LogP contribution is -2.28. The monoisotopic (exact) mass is 295 g/mol. The van der Waals surface area contributed by atoms with Crippen LogP contribution in [0.25, 0.3) is 0 Å². The predicted molar refractivity (Wildman–Crippen MR) is 79.0 cm³/mol. The Kier molecular flexibility index (Phi) is 4.69. The number of rotatable bonds is 7. The highest BCUT2D eigenvalue weighted by Gasteiger charge is 2.41. The smallest absolute Gasteiger partial charge is 0.292 e. The highest BCUT2D eigenvalue weighted by atomic mass is 35.5. The van der Waals surface area contributed by atoms with Gasteiger partial charge >= 0.3 is 0 Å². The molecule has 0 atom stereocenters. The van der Waals surface area contributed by atoms with Crippen LogP contribution in [0.4, 0.5) is 5.69 Å². The maximum Gasteiger partial charge on any atom is 0.292 e. The van der Waals surface area contributed by atoms with Gasteiger partial charge in [-0.15, -0.1) is 6.42 Å². The summed E-state index contributed by atoms with van der Waals surface area (Å²) in [4.78, 5) is 12.2. The Labute approximate surface area is 123 Å². The van der Waals surface area contributed by atoms with Gasteiger partial charge in [-0.05, 0) is 24.7 Å². The second kappa shape index (κ2) is 6.29. The van der Waals surface area contributed by atoms with E-state index in [2.05, 4.69) is 16.3 Å². The van der Waals surface area contributed by atoms with Gasteiger partial charge in [0, 0.05) is 20.3 Å². The van der Waals surface area contributed by atoms with Crippen LogP contribution in [-0.2, 0) is 11.3 Å². The van der Waals surface area contributed by atoms with Crippen LogP contribution >= 0.6 is 11.6 Å². The zero-order valence-corrected chi connectivity index (χ0v) is 12.2. The number of anilines is 1. The normalized spacial score (nSPS) is 15.7. The molecule has 0 unspecified atom stereocenters. The summed E-state index contributed by atoms with van der Waals surface area (Å²) in [6.07, 6.45) is 9.92. The molecule has 5 nitrogen and oxygen atoms in total. The summed E-state index contributed by atoms with van der Waals surface area (Å²) in [6, 6.07) is 0. The minimum absolute atomic E-state index is 0.138. The number of nitrogens with zero attached hydrogens (tertiary/aromatic N) is 2. The highest BCUT2D eigenvalue weighted by Crippen LogP contribution is 2.48. The molecule has 1 saturated carbocycles. The molecule has 6 heteroatoms. The standard InChI is InChI=1S/C14H18ClN3O2/c1-3-7-18-13(19)12(11(15)9-17-18)16-10-14(4-5-14)6-8-20-2/h1,9,16H,4-8,10H2,2H3. The van der Waals surface area contributed by atoms with Crippen molar-refractivity contribution in [3.8, 4) is 12.3 Å². The highest BCUT2D eigenvalue weighted by molar-refractivity contribution is 6.33. The molecule has 1 aliphatic rings. The van der Waals surface area contributed by atoms with Gasteiger partial charge in [0.05, 0.1) is 11.2 Å². The van der Waals surface area contributed by atoms with Crippen LogP contribution < -0.4 is 10.9 Å². The third kappa shape index (κ3) is 3.33. The summed E-state index contributed by atoms with van der Waals surface area (Å²) in [5.41, 5.74) is 0.324. The topological polar surface area (TPSA) is 56.1 Å². The Bertz CT molecular complexity index is 573. The molecule has 1 fully saturated rings. The lowest BCUT2D eigenvalue weighted by molar-refractivity contribution is 0.175. The van der Waals surface area contributed by atoms with Gasteiger partial charge in [0.25, 0.3) is 5.56 Å². The number of terminal acetylenes is 1. The van der Waals surface area contributed by atoms with Gasteiger partial charge in [-0.2, -0.15) is 5.10 Å². The number of hydrogen-bond donors (Lipinski definition) is 1. The van der Waals surface area contributed by atoms with E-state index in [1.165, 1.54) is 10.9 Å². The summed E-state index contributed by atoms with van der Waals surface area (Å²) in [6.45, 7) is 1.58. The molecule has 0 radical (unpaired) electrons. The number of ether oxygens (including phenoxy) is 1. The van der Waals surface area contributed by atoms with Gasteiger partial charge < -0.3 is 10.1 Å². The van der Waals surface area contributed by atoms with Crippen molar-refractivity contribution in [2.24, 2.45) is 5.41 Å². The first-order valence-electron chi connectivity index (χ1n) is 6.54. The van der Waals surface area contributed by atoms with Gasteiger partial charge in [0.15, 0.2) is 0 Å². The molecule has 1 aromatic heterocycles. The van der Waals surface area contributed by atoms with Gasteiger partial charge in [0.1, 0.15) is 12.2 Å². The van der Waals surface area contributed by atoms with Crippen molar-refractivity contribution in [1.82, 2.24) is 9.78 Å². The number of aromatic nitrogens is 2. The van der Waals surface area contributed by atoms with Crippen LogP contribution in [0, 0.1) is 17.8 Å². The molecule has 0 aromatic carbocycles. The third-order valence-electron chi connectivity index (χ3n) is 3.67. The fourth-order valence-electron chi connectivity index (χ4n) is 2.11. The van der Waals surface area contributed by atoms with Crippen LogP contribution in [0.1, 0.15) is 19.3 Å². The van der Waals surface area contributed by atoms with Crippen molar-refractivity contribution < 1.29 is 4.74 Å². The van der Waals surface area contributed by atoms with Crippen molar-refractivity contribution in [2.75, 3.05) is 25.6 Å². The van der Waals surface area contributed by atoms with Crippen LogP contribution in [0.3, 0.4) is 0 Å². The first kappa shape index (κ1) is 14.9. The number of nitrogens with one attached hydrogen (secondary N) is 1. The Balaban J connectivity index is 2.08. The summed E-state index contributed by atoms with van der Waals surface area (Å²) in [5.74, 6) is 2.40. The lowest BCUT2D eigenvalue weighted by atomic mass is 10.0. The molecule has 0 aliphatic heterocycles. The Morgan fingerprint density at radius 1 is 1.65 bits per heavy atom. The van der Waals surface area contributed by atoms with Crippen LogP contribution in [-0.4, -0.2) is 30.0 Å². The van der Waals surface area contributed by atoms with Gasteiger partial charge in [-0.25, -0.2) is 4.68 Å². The largest absolute Gasteiger partial charge is 0.385 e. The van der Waals surface area contributed by atoms with Crippen molar-refractivity contribution in [2.45, 2.75) is 25.8 Å². The summed E-state index contributed by atoms with van der Waals surface area (Å²) in [5, 5.41) is 7.39. The van der Waals surface area contributed by atoms with E-state index in [0.29, 0.717) is 17.3 Å². The molecule has 1 aromatic rings. The fraction of sp³-hybridized carbons (Fsp3) is 0.571. The molecular weight excluding hydrogens is 278 g/mol. The van der Waals surface area contributed by atoms with E-state index in [0.717, 1.165) is 25.9 Å². The second-order valence-corrected chi connectivity index (χ2v) is 5.54. The summed E-state index contributed by atoms with van der Waals surface area (Å²) >= 11 is 6.04. The maximum atomic E-state index is 12.2. The zero-order valence-electron chi connectivity index (χ0n) is 11.5. The Morgan fingerprint density at radius 2 is 2.40 bits per heavy atom. The van der Waals surface area contributed by atoms with Crippen molar-refractivity contribution in [3.63, 3.8) is 0 Å². The van der Waals surface area contributed by atoms with Crippen LogP contribution in [0.15, 0.2) is 11.0 Å². The second-order valence-electron chi connectivity index (χ2n) is 5.13. The minimum atomic E-state index is -0.280. The molecule has 2 rings (SSSR count). The van der Waals surface area contributed by atoms with E-state index in [1.807, 2.05) is 0 Å². The molecule has 0 saturated heterocycles. The van der Waals surface area contributed by atoms with Crippen LogP contribution in [0.2, 0.25) is 5.02 Å². The maximum absolute atomic E-state index is 12.2. The van der Waals surface area contributed by atoms with E-state index in [-0.39, 0.29) is 17.5 Å². The van der Waals surface area contributed by atoms with Gasteiger partial charge in [-0.1, -0.05) is 17.5 Å². The number of halogens is 1. The summed E-state index contributed by atoms with van der Waals surface area (Å²) in [7, 11) is 1.70. The molecule has 20 heavy (non-hydrogen) atoms. The average molecular weight is 296 g/mol. The SMILES string of the molecule is C#CCn1ncc(Cl)c(NCC2(CCOC)CC2)c1=O. The number of methoxy groups -OCH3 is 1. The summed E-state index contributed by atoms with van der Waals surface area (Å²) < 4.78 is 6.34. The van der Waals surface area contributed by atoms with Crippen molar-refractivity contribution in [3.05, 3.63) is 21.6 Å². The van der Waals surface area contributed by atoms with E-state index in [4.69, 9.17) is 22.8 Å². The number of hydrogen-bond acceptors (Lipinski definition) is 4. The molecule has 1 aliphatic carbocycles. The Morgan fingerprint density at radius 3 is 3.00 bits per heavy atom.